The fourth-order valence-corrected chi connectivity index (χ4v) is 2.61. The van der Waals surface area contributed by atoms with E-state index in [1.807, 2.05) is 44.4 Å². The third-order valence-electron chi connectivity index (χ3n) is 2.66. The molecule has 3 heteroatoms. The zero-order valence-corrected chi connectivity index (χ0v) is 11.1. The molecule has 0 aliphatic rings. The molecular weight excluding hydrogens is 230 g/mol. The van der Waals surface area contributed by atoms with Crippen molar-refractivity contribution in [2.45, 2.75) is 27.2 Å². The van der Waals surface area contributed by atoms with Gasteiger partial charge in [-0.05, 0) is 26.3 Å². The maximum Gasteiger partial charge on any atom is 0.169 e. The van der Waals surface area contributed by atoms with E-state index in [2.05, 4.69) is 4.98 Å². The van der Waals surface area contributed by atoms with Crippen LogP contribution in [0.2, 0.25) is 0 Å². The molecule has 0 amide bonds. The molecule has 0 atom stereocenters. The molecule has 2 rings (SSSR count). The highest BCUT2D eigenvalue weighted by molar-refractivity contribution is 7.09. The maximum atomic E-state index is 12.1. The molecule has 0 unspecified atom stereocenters. The van der Waals surface area contributed by atoms with Crippen LogP contribution in [0.4, 0.5) is 0 Å². The van der Waals surface area contributed by atoms with Crippen molar-refractivity contribution in [1.29, 1.82) is 0 Å². The predicted octanol–water partition coefficient (Wildman–Crippen LogP) is 3.49. The molecule has 0 aliphatic carbocycles. The standard InChI is InChI=1S/C14H15NOS/c1-9-4-5-12(10(2)6-9)13(16)7-14-15-11(3)8-17-14/h4-6,8H,7H2,1-3H3. The minimum Gasteiger partial charge on any atom is -0.294 e. The third kappa shape index (κ3) is 2.80. The number of aryl methyl sites for hydroxylation is 3. The summed E-state index contributed by atoms with van der Waals surface area (Å²) >= 11 is 1.55. The highest BCUT2D eigenvalue weighted by atomic mass is 32.1. The van der Waals surface area contributed by atoms with Crippen LogP contribution in [0.5, 0.6) is 0 Å². The average Bonchev–Trinajstić information content (AvgIpc) is 2.63. The summed E-state index contributed by atoms with van der Waals surface area (Å²) in [6.07, 6.45) is 0.405. The van der Waals surface area contributed by atoms with Gasteiger partial charge in [-0.25, -0.2) is 4.98 Å². The number of carbonyl (C=O) groups excluding carboxylic acids is 1. The second-order valence-corrected chi connectivity index (χ2v) is 5.24. The van der Waals surface area contributed by atoms with Crippen molar-refractivity contribution in [1.82, 2.24) is 4.98 Å². The Labute approximate surface area is 105 Å². The molecule has 2 aromatic rings. The Morgan fingerprint density at radius 1 is 1.29 bits per heavy atom. The van der Waals surface area contributed by atoms with E-state index in [4.69, 9.17) is 0 Å². The lowest BCUT2D eigenvalue weighted by molar-refractivity contribution is 0.0992. The van der Waals surface area contributed by atoms with E-state index >= 15 is 0 Å². The SMILES string of the molecule is Cc1ccc(C(=O)Cc2nc(C)cs2)c(C)c1. The Balaban J connectivity index is 2.20. The van der Waals surface area contributed by atoms with E-state index in [1.165, 1.54) is 5.56 Å². The van der Waals surface area contributed by atoms with E-state index in [0.717, 1.165) is 21.8 Å². The van der Waals surface area contributed by atoms with Gasteiger partial charge in [-0.1, -0.05) is 23.8 Å². The molecule has 2 nitrogen and oxygen atoms in total. The topological polar surface area (TPSA) is 30.0 Å². The molecule has 0 spiro atoms. The molecule has 0 aliphatic heterocycles. The van der Waals surface area contributed by atoms with Gasteiger partial charge in [-0.3, -0.25) is 4.79 Å². The maximum absolute atomic E-state index is 12.1. The predicted molar refractivity (Wildman–Crippen MR) is 70.8 cm³/mol. The van der Waals surface area contributed by atoms with Gasteiger partial charge in [-0.2, -0.15) is 0 Å². The Kier molecular flexibility index (Phi) is 3.38. The summed E-state index contributed by atoms with van der Waals surface area (Å²) in [5, 5.41) is 2.87. The largest absolute Gasteiger partial charge is 0.294 e. The van der Waals surface area contributed by atoms with Crippen LogP contribution >= 0.6 is 11.3 Å². The number of hydrogen-bond acceptors (Lipinski definition) is 3. The molecule has 0 radical (unpaired) electrons. The molecule has 1 aromatic heterocycles. The number of ketones is 1. The molecule has 0 bridgehead atoms. The quantitative estimate of drug-likeness (QED) is 0.775. The van der Waals surface area contributed by atoms with Crippen LogP contribution in [0.1, 0.15) is 32.2 Å². The molecule has 0 saturated carbocycles. The Bertz CT molecular complexity index is 557. The number of rotatable bonds is 3. The lowest BCUT2D eigenvalue weighted by Gasteiger charge is -2.04. The first kappa shape index (κ1) is 12.0. The van der Waals surface area contributed by atoms with E-state index in [1.54, 1.807) is 11.3 Å². The molecule has 0 fully saturated rings. The summed E-state index contributed by atoms with van der Waals surface area (Å²) in [4.78, 5) is 16.4. The first-order valence-corrected chi connectivity index (χ1v) is 6.45. The number of Topliss-reactive ketones (excluding diaryl/α,β-unsaturated/α-hetero) is 1. The number of carbonyl (C=O) groups is 1. The molecular formula is C14H15NOS. The summed E-state index contributed by atoms with van der Waals surface area (Å²) in [5.74, 6) is 0.150. The third-order valence-corrected chi connectivity index (χ3v) is 3.63. The monoisotopic (exact) mass is 245 g/mol. The van der Waals surface area contributed by atoms with Crippen LogP contribution in [0.3, 0.4) is 0 Å². The second-order valence-electron chi connectivity index (χ2n) is 4.30. The van der Waals surface area contributed by atoms with Gasteiger partial charge < -0.3 is 0 Å². The first-order chi connectivity index (χ1) is 8.06. The minimum absolute atomic E-state index is 0.150. The number of benzene rings is 1. The zero-order valence-electron chi connectivity index (χ0n) is 10.3. The number of aromatic nitrogens is 1. The Morgan fingerprint density at radius 2 is 2.06 bits per heavy atom. The number of thiazole rings is 1. The molecule has 17 heavy (non-hydrogen) atoms. The Hall–Kier alpha value is -1.48. The zero-order chi connectivity index (χ0) is 12.4. The fourth-order valence-electron chi connectivity index (χ4n) is 1.84. The van der Waals surface area contributed by atoms with Crippen LogP contribution in [0.25, 0.3) is 0 Å². The van der Waals surface area contributed by atoms with Crippen molar-refractivity contribution in [3.8, 4) is 0 Å². The highest BCUT2D eigenvalue weighted by Crippen LogP contribution is 2.16. The second kappa shape index (κ2) is 4.80. The van der Waals surface area contributed by atoms with Crippen molar-refractivity contribution < 1.29 is 4.79 Å². The van der Waals surface area contributed by atoms with Gasteiger partial charge >= 0.3 is 0 Å². The van der Waals surface area contributed by atoms with Gasteiger partial charge in [0, 0.05) is 16.6 Å². The van der Waals surface area contributed by atoms with Crippen molar-refractivity contribution >= 4 is 17.1 Å². The number of hydrogen-bond donors (Lipinski definition) is 0. The van der Waals surface area contributed by atoms with E-state index in [9.17, 15) is 4.79 Å². The van der Waals surface area contributed by atoms with Crippen molar-refractivity contribution in [2.24, 2.45) is 0 Å². The first-order valence-electron chi connectivity index (χ1n) is 5.57. The molecule has 88 valence electrons. The van der Waals surface area contributed by atoms with Crippen LogP contribution in [-0.4, -0.2) is 10.8 Å². The van der Waals surface area contributed by atoms with Gasteiger partial charge in [-0.15, -0.1) is 11.3 Å². The lowest BCUT2D eigenvalue weighted by atomic mass is 10.0. The molecule has 0 saturated heterocycles. The summed E-state index contributed by atoms with van der Waals surface area (Å²) < 4.78 is 0. The van der Waals surface area contributed by atoms with Gasteiger partial charge in [0.2, 0.25) is 0 Å². The van der Waals surface area contributed by atoms with Crippen LogP contribution in [0.15, 0.2) is 23.6 Å². The van der Waals surface area contributed by atoms with Gasteiger partial charge in [0.05, 0.1) is 6.42 Å². The average molecular weight is 245 g/mol. The van der Waals surface area contributed by atoms with Crippen molar-refractivity contribution in [2.75, 3.05) is 0 Å². The van der Waals surface area contributed by atoms with E-state index < -0.39 is 0 Å². The number of nitrogens with zero attached hydrogens (tertiary/aromatic N) is 1. The van der Waals surface area contributed by atoms with E-state index in [-0.39, 0.29) is 5.78 Å². The van der Waals surface area contributed by atoms with Gasteiger partial charge in [0.15, 0.2) is 5.78 Å². The van der Waals surface area contributed by atoms with Crippen molar-refractivity contribution in [3.05, 3.63) is 51.0 Å². The van der Waals surface area contributed by atoms with Crippen LogP contribution < -0.4 is 0 Å². The van der Waals surface area contributed by atoms with Gasteiger partial charge in [0.25, 0.3) is 0 Å². The van der Waals surface area contributed by atoms with Crippen LogP contribution in [0, 0.1) is 20.8 Å². The Morgan fingerprint density at radius 3 is 2.65 bits per heavy atom. The van der Waals surface area contributed by atoms with Crippen LogP contribution in [-0.2, 0) is 6.42 Å². The summed E-state index contributed by atoms with van der Waals surface area (Å²) in [6.45, 7) is 5.96. The normalized spacial score (nSPS) is 10.5. The molecule has 0 N–H and O–H groups in total. The van der Waals surface area contributed by atoms with Crippen molar-refractivity contribution in [3.63, 3.8) is 0 Å². The summed E-state index contributed by atoms with van der Waals surface area (Å²) in [7, 11) is 0. The van der Waals surface area contributed by atoms with Gasteiger partial charge in [0.1, 0.15) is 5.01 Å². The lowest BCUT2D eigenvalue weighted by Crippen LogP contribution is -2.05. The molecule has 1 aromatic carbocycles. The smallest absolute Gasteiger partial charge is 0.169 e. The summed E-state index contributed by atoms with van der Waals surface area (Å²) in [5.41, 5.74) is 4.02. The van der Waals surface area contributed by atoms with E-state index in [0.29, 0.717) is 6.42 Å². The molecule has 1 heterocycles. The highest BCUT2D eigenvalue weighted by Gasteiger charge is 2.11. The minimum atomic E-state index is 0.150. The summed E-state index contributed by atoms with van der Waals surface area (Å²) in [6, 6.07) is 5.93. The fraction of sp³-hybridized carbons (Fsp3) is 0.286.